The summed E-state index contributed by atoms with van der Waals surface area (Å²) in [5.74, 6) is 2.91. The van der Waals surface area contributed by atoms with Gasteiger partial charge in [-0.2, -0.15) is 5.26 Å². The van der Waals surface area contributed by atoms with Crippen molar-refractivity contribution >= 4 is 6.09 Å². The lowest BCUT2D eigenvalue weighted by molar-refractivity contribution is 0.000541. The third-order valence-corrected chi connectivity index (χ3v) is 7.97. The van der Waals surface area contributed by atoms with Crippen LogP contribution in [0.2, 0.25) is 0 Å². The van der Waals surface area contributed by atoms with Gasteiger partial charge >= 0.3 is 6.09 Å². The number of nitriles is 1. The largest absolute Gasteiger partial charge is 0.493 e. The first-order valence-corrected chi connectivity index (χ1v) is 14.2. The Balaban J connectivity index is 1.38. The Hall–Kier alpha value is -3.44. The minimum absolute atomic E-state index is 0.168. The SMILES string of the molecule is COc1ccc(OC(CCCN2CC3CCC(C2)C3N(C)C(=O)OC(C)(C)C)c2ccc(C#N)cc2)cc1OC. The quantitative estimate of drug-likeness (QED) is 0.357. The summed E-state index contributed by atoms with van der Waals surface area (Å²) in [7, 11) is 5.12. The van der Waals surface area contributed by atoms with Gasteiger partial charge in [0.1, 0.15) is 17.5 Å². The summed E-state index contributed by atoms with van der Waals surface area (Å²) >= 11 is 0. The fraction of sp³-hybridized carbons (Fsp3) is 0.562. The molecule has 216 valence electrons. The fourth-order valence-electron chi connectivity index (χ4n) is 6.18. The number of hydrogen-bond acceptors (Lipinski definition) is 7. The molecule has 40 heavy (non-hydrogen) atoms. The summed E-state index contributed by atoms with van der Waals surface area (Å²) in [6.07, 6.45) is 3.70. The summed E-state index contributed by atoms with van der Waals surface area (Å²) in [6.45, 7) is 8.69. The zero-order valence-electron chi connectivity index (χ0n) is 24.7. The van der Waals surface area contributed by atoms with Gasteiger partial charge in [-0.1, -0.05) is 12.1 Å². The van der Waals surface area contributed by atoms with Gasteiger partial charge < -0.3 is 28.7 Å². The molecule has 1 aliphatic heterocycles. The highest BCUT2D eigenvalue weighted by atomic mass is 16.6. The third kappa shape index (κ3) is 7.19. The zero-order valence-corrected chi connectivity index (χ0v) is 24.7. The number of rotatable bonds is 10. The number of carbonyl (C=O) groups is 1. The number of piperidine rings is 1. The second kappa shape index (κ2) is 12.8. The van der Waals surface area contributed by atoms with E-state index in [9.17, 15) is 10.1 Å². The van der Waals surface area contributed by atoms with Gasteiger partial charge in [0.2, 0.25) is 0 Å². The molecule has 1 saturated carbocycles. The van der Waals surface area contributed by atoms with E-state index in [1.54, 1.807) is 14.2 Å². The number of hydrogen-bond donors (Lipinski definition) is 0. The molecule has 1 amide bonds. The highest BCUT2D eigenvalue weighted by molar-refractivity contribution is 5.68. The van der Waals surface area contributed by atoms with Crippen molar-refractivity contribution < 1.29 is 23.7 Å². The Morgan fingerprint density at radius 2 is 1.70 bits per heavy atom. The maximum absolute atomic E-state index is 12.8. The van der Waals surface area contributed by atoms with Gasteiger partial charge in [-0.15, -0.1) is 0 Å². The van der Waals surface area contributed by atoms with E-state index in [0.29, 0.717) is 34.6 Å². The van der Waals surface area contributed by atoms with Gasteiger partial charge in [-0.3, -0.25) is 0 Å². The van der Waals surface area contributed by atoms with E-state index >= 15 is 0 Å². The predicted molar refractivity (Wildman–Crippen MR) is 154 cm³/mol. The van der Waals surface area contributed by atoms with Crippen LogP contribution < -0.4 is 14.2 Å². The van der Waals surface area contributed by atoms with Crippen molar-refractivity contribution in [2.45, 2.75) is 64.2 Å². The lowest BCUT2D eigenvalue weighted by Gasteiger charge is -2.42. The number of nitrogens with zero attached hydrogens (tertiary/aromatic N) is 3. The molecule has 2 aromatic rings. The second-order valence-electron chi connectivity index (χ2n) is 11.9. The highest BCUT2D eigenvalue weighted by Gasteiger charge is 2.45. The number of benzene rings is 2. The van der Waals surface area contributed by atoms with Crippen LogP contribution in [0.25, 0.3) is 0 Å². The molecular weight excluding hydrogens is 506 g/mol. The van der Waals surface area contributed by atoms with Crippen LogP contribution in [-0.2, 0) is 4.74 Å². The molecule has 8 nitrogen and oxygen atoms in total. The van der Waals surface area contributed by atoms with Crippen LogP contribution >= 0.6 is 0 Å². The van der Waals surface area contributed by atoms with Gasteiger partial charge in [0.15, 0.2) is 11.5 Å². The summed E-state index contributed by atoms with van der Waals surface area (Å²) in [6, 6.07) is 15.6. The number of likely N-dealkylation sites (tertiary alicyclic amines) is 1. The normalized spacial score (nSPS) is 21.3. The van der Waals surface area contributed by atoms with E-state index in [1.165, 1.54) is 0 Å². The van der Waals surface area contributed by atoms with Crippen molar-refractivity contribution in [3.8, 4) is 23.3 Å². The average molecular weight is 550 g/mol. The average Bonchev–Trinajstić information content (AvgIpc) is 3.20. The molecule has 2 aromatic carbocycles. The Labute approximate surface area is 238 Å². The maximum Gasteiger partial charge on any atom is 0.410 e. The maximum atomic E-state index is 12.8. The number of amides is 1. The molecule has 2 fully saturated rings. The number of methoxy groups -OCH3 is 2. The smallest absolute Gasteiger partial charge is 0.410 e. The minimum atomic E-state index is -0.490. The highest BCUT2D eigenvalue weighted by Crippen LogP contribution is 2.40. The van der Waals surface area contributed by atoms with Crippen molar-refractivity contribution in [3.05, 3.63) is 53.6 Å². The van der Waals surface area contributed by atoms with Crippen LogP contribution in [0.5, 0.6) is 17.2 Å². The van der Waals surface area contributed by atoms with Gasteiger partial charge in [-0.05, 0) is 94.7 Å². The van der Waals surface area contributed by atoms with Gasteiger partial charge in [0, 0.05) is 32.2 Å². The lowest BCUT2D eigenvalue weighted by atomic mass is 9.91. The summed E-state index contributed by atoms with van der Waals surface area (Å²) in [4.78, 5) is 17.1. The first kappa shape index (κ1) is 29.5. The van der Waals surface area contributed by atoms with Crippen LogP contribution in [0.3, 0.4) is 0 Å². The van der Waals surface area contributed by atoms with E-state index in [0.717, 1.165) is 50.9 Å². The van der Waals surface area contributed by atoms with Crippen molar-refractivity contribution in [2.75, 3.05) is 40.9 Å². The molecule has 1 aliphatic carbocycles. The standard InChI is InChI=1S/C32H43N3O5/c1-32(2,3)40-31(36)34(4)30-24-13-14-25(30)21-35(20-24)17-7-8-27(23-11-9-22(19-33)10-12-23)39-26-15-16-28(37-5)29(18-26)38-6/h9-12,15-16,18,24-25,27,30H,7-8,13-14,17,20-21H2,1-6H3. The Kier molecular flexibility index (Phi) is 9.47. The van der Waals surface area contributed by atoms with Gasteiger partial charge in [0.25, 0.3) is 0 Å². The second-order valence-corrected chi connectivity index (χ2v) is 11.9. The zero-order chi connectivity index (χ0) is 28.9. The summed E-state index contributed by atoms with van der Waals surface area (Å²) in [5.41, 5.74) is 1.17. The van der Waals surface area contributed by atoms with E-state index in [2.05, 4.69) is 11.0 Å². The first-order valence-electron chi connectivity index (χ1n) is 14.2. The predicted octanol–water partition coefficient (Wildman–Crippen LogP) is 6.05. The van der Waals surface area contributed by atoms with Gasteiger partial charge in [0.05, 0.1) is 25.9 Å². The van der Waals surface area contributed by atoms with E-state index in [-0.39, 0.29) is 18.2 Å². The number of fused-ring (bicyclic) bond motifs is 2. The molecular formula is C32H43N3O5. The van der Waals surface area contributed by atoms with E-state index in [4.69, 9.17) is 18.9 Å². The molecule has 0 N–H and O–H groups in total. The van der Waals surface area contributed by atoms with Gasteiger partial charge in [-0.25, -0.2) is 4.79 Å². The molecule has 4 rings (SSSR count). The lowest BCUT2D eigenvalue weighted by Crippen LogP contribution is -2.54. The molecule has 0 aromatic heterocycles. The number of carbonyl (C=O) groups excluding carboxylic acids is 1. The molecule has 3 atom stereocenters. The van der Waals surface area contributed by atoms with Crippen LogP contribution in [0.4, 0.5) is 4.79 Å². The third-order valence-electron chi connectivity index (χ3n) is 7.97. The molecule has 8 heteroatoms. The molecule has 1 heterocycles. The fourth-order valence-corrected chi connectivity index (χ4v) is 6.18. The van der Waals surface area contributed by atoms with Crippen molar-refractivity contribution in [3.63, 3.8) is 0 Å². The summed E-state index contributed by atoms with van der Waals surface area (Å²) in [5, 5.41) is 9.23. The number of ether oxygens (including phenoxy) is 4. The Bertz CT molecular complexity index is 1170. The Morgan fingerprint density at radius 3 is 2.27 bits per heavy atom. The van der Waals surface area contributed by atoms with Crippen LogP contribution in [0.1, 0.15) is 63.7 Å². The first-order chi connectivity index (χ1) is 19.1. The summed E-state index contributed by atoms with van der Waals surface area (Å²) < 4.78 is 23.0. The van der Waals surface area contributed by atoms with Crippen molar-refractivity contribution in [1.82, 2.24) is 9.80 Å². The van der Waals surface area contributed by atoms with Crippen molar-refractivity contribution in [2.24, 2.45) is 11.8 Å². The van der Waals surface area contributed by atoms with Crippen molar-refractivity contribution in [1.29, 1.82) is 5.26 Å². The molecule has 0 spiro atoms. The van der Waals surface area contributed by atoms with E-state index < -0.39 is 5.60 Å². The molecule has 1 saturated heterocycles. The van der Waals surface area contributed by atoms with E-state index in [1.807, 2.05) is 75.2 Å². The van der Waals surface area contributed by atoms with Crippen LogP contribution in [0, 0.1) is 23.2 Å². The Morgan fingerprint density at radius 1 is 1.05 bits per heavy atom. The van der Waals surface area contributed by atoms with Crippen LogP contribution in [0.15, 0.2) is 42.5 Å². The minimum Gasteiger partial charge on any atom is -0.493 e. The monoisotopic (exact) mass is 549 g/mol. The molecule has 0 radical (unpaired) electrons. The molecule has 3 unspecified atom stereocenters. The topological polar surface area (TPSA) is 84.3 Å². The van der Waals surface area contributed by atoms with Crippen LogP contribution in [-0.4, -0.2) is 68.4 Å². The molecule has 2 bridgehead atoms. The molecule has 2 aliphatic rings.